The quantitative estimate of drug-likeness (QED) is 0.672. The lowest BCUT2D eigenvalue weighted by Gasteiger charge is -2.18. The first-order chi connectivity index (χ1) is 12.3. The maximum Gasteiger partial charge on any atom is 0.321 e. The van der Waals surface area contributed by atoms with E-state index in [1.54, 1.807) is 29.2 Å². The van der Waals surface area contributed by atoms with E-state index in [1.165, 1.54) is 14.1 Å². The Kier molecular flexibility index (Phi) is 7.24. The molecule has 1 fully saturated rings. The number of hydrogen-bond donors (Lipinski definition) is 2. The van der Waals surface area contributed by atoms with Crippen LogP contribution in [-0.2, 0) is 14.9 Å². The lowest BCUT2D eigenvalue weighted by molar-refractivity contribution is 0.103. The Morgan fingerprint density at radius 2 is 2.08 bits per heavy atom. The molecule has 0 aromatic heterocycles. The van der Waals surface area contributed by atoms with E-state index in [0.29, 0.717) is 37.0 Å². The minimum atomic E-state index is -3.58. The summed E-state index contributed by atoms with van der Waals surface area (Å²) in [5.41, 5.74) is 0.934. The Hall–Kier alpha value is -1.84. The number of likely N-dealkylation sites (tertiary alicyclic amines) is 1. The van der Waals surface area contributed by atoms with E-state index in [1.807, 2.05) is 0 Å². The van der Waals surface area contributed by atoms with Crippen LogP contribution < -0.4 is 10.0 Å². The monoisotopic (exact) mass is 384 g/mol. The molecule has 146 valence electrons. The minimum absolute atomic E-state index is 0.185. The van der Waals surface area contributed by atoms with Crippen LogP contribution >= 0.6 is 0 Å². The number of carbonyl (C=O) groups excluding carboxylic acids is 1. The molecular formula is C17H28N4O4S. The molecule has 0 spiro atoms. The summed E-state index contributed by atoms with van der Waals surface area (Å²) in [6.07, 6.45) is 1.92. The Labute approximate surface area is 155 Å². The molecule has 2 amide bonds. The molecule has 26 heavy (non-hydrogen) atoms. The van der Waals surface area contributed by atoms with Crippen LogP contribution in [0.1, 0.15) is 19.8 Å². The standard InChI is InChI=1S/C17H28N4O4S/c1-4-10-25-13-14-8-9-21(12-14)17(22)18-15-6-5-7-16(11-15)19-26(23,24)20(2)3/h5-7,11,14,19H,4,8-10,12-13H2,1-3H3,(H,18,22)/t14-/m0/s1. The van der Waals surface area contributed by atoms with E-state index in [-0.39, 0.29) is 6.03 Å². The zero-order valence-corrected chi connectivity index (χ0v) is 16.4. The molecule has 8 nitrogen and oxygen atoms in total. The molecule has 0 aliphatic carbocycles. The smallest absolute Gasteiger partial charge is 0.321 e. The number of carbonyl (C=O) groups is 1. The van der Waals surface area contributed by atoms with E-state index in [4.69, 9.17) is 4.74 Å². The molecule has 1 aliphatic rings. The molecule has 1 atom stereocenters. The van der Waals surface area contributed by atoms with Gasteiger partial charge in [-0.1, -0.05) is 13.0 Å². The highest BCUT2D eigenvalue weighted by molar-refractivity contribution is 7.90. The number of ether oxygens (including phenoxy) is 1. The number of nitrogens with zero attached hydrogens (tertiary/aromatic N) is 2. The molecule has 1 aliphatic heterocycles. The molecule has 1 heterocycles. The highest BCUT2D eigenvalue weighted by Crippen LogP contribution is 2.20. The first kappa shape index (κ1) is 20.5. The average Bonchev–Trinajstić information content (AvgIpc) is 3.04. The topological polar surface area (TPSA) is 91.0 Å². The van der Waals surface area contributed by atoms with Crippen LogP contribution in [0.2, 0.25) is 0 Å². The summed E-state index contributed by atoms with van der Waals surface area (Å²) in [7, 11) is -0.691. The summed E-state index contributed by atoms with van der Waals surface area (Å²) in [5, 5.41) is 2.82. The highest BCUT2D eigenvalue weighted by atomic mass is 32.2. The van der Waals surface area contributed by atoms with Gasteiger partial charge in [0.2, 0.25) is 0 Å². The third kappa shape index (κ3) is 5.86. The average molecular weight is 385 g/mol. The fourth-order valence-electron chi connectivity index (χ4n) is 2.65. The molecule has 2 N–H and O–H groups in total. The number of urea groups is 1. The van der Waals surface area contributed by atoms with Crippen molar-refractivity contribution in [3.8, 4) is 0 Å². The summed E-state index contributed by atoms with van der Waals surface area (Å²) in [6.45, 7) is 4.86. The first-order valence-electron chi connectivity index (χ1n) is 8.76. The van der Waals surface area contributed by atoms with Crippen molar-refractivity contribution >= 4 is 27.6 Å². The van der Waals surface area contributed by atoms with Crippen molar-refractivity contribution in [1.29, 1.82) is 0 Å². The van der Waals surface area contributed by atoms with E-state index in [0.717, 1.165) is 23.8 Å². The molecule has 0 radical (unpaired) electrons. The Morgan fingerprint density at radius 3 is 2.77 bits per heavy atom. The van der Waals surface area contributed by atoms with Crippen LogP contribution in [0.4, 0.5) is 16.2 Å². The zero-order valence-electron chi connectivity index (χ0n) is 15.6. The summed E-state index contributed by atoms with van der Waals surface area (Å²) >= 11 is 0. The number of benzene rings is 1. The fourth-order valence-corrected chi connectivity index (χ4v) is 3.26. The van der Waals surface area contributed by atoms with E-state index in [2.05, 4.69) is 17.0 Å². The van der Waals surface area contributed by atoms with Crippen LogP contribution in [0.25, 0.3) is 0 Å². The van der Waals surface area contributed by atoms with Gasteiger partial charge in [-0.05, 0) is 31.0 Å². The maximum absolute atomic E-state index is 12.4. The van der Waals surface area contributed by atoms with Crippen molar-refractivity contribution in [1.82, 2.24) is 9.21 Å². The summed E-state index contributed by atoms with van der Waals surface area (Å²) < 4.78 is 32.9. The Morgan fingerprint density at radius 1 is 1.35 bits per heavy atom. The minimum Gasteiger partial charge on any atom is -0.381 e. The molecular weight excluding hydrogens is 356 g/mol. The Bertz CT molecular complexity index is 708. The third-order valence-corrected chi connectivity index (χ3v) is 5.57. The van der Waals surface area contributed by atoms with Crippen LogP contribution in [0.3, 0.4) is 0 Å². The molecule has 1 aromatic carbocycles. The van der Waals surface area contributed by atoms with Gasteiger partial charge in [0.15, 0.2) is 0 Å². The van der Waals surface area contributed by atoms with Gasteiger partial charge in [-0.15, -0.1) is 0 Å². The predicted molar refractivity (Wildman–Crippen MR) is 102 cm³/mol. The van der Waals surface area contributed by atoms with E-state index < -0.39 is 10.2 Å². The van der Waals surface area contributed by atoms with Crippen molar-refractivity contribution in [3.63, 3.8) is 0 Å². The van der Waals surface area contributed by atoms with Crippen molar-refractivity contribution in [2.75, 3.05) is 50.4 Å². The van der Waals surface area contributed by atoms with Crippen molar-refractivity contribution in [2.24, 2.45) is 5.92 Å². The van der Waals surface area contributed by atoms with Gasteiger partial charge in [0.25, 0.3) is 0 Å². The zero-order chi connectivity index (χ0) is 19.2. The second kappa shape index (κ2) is 9.20. The molecule has 0 bridgehead atoms. The summed E-state index contributed by atoms with van der Waals surface area (Å²) in [6, 6.07) is 6.46. The first-order valence-corrected chi connectivity index (χ1v) is 10.2. The molecule has 0 unspecified atom stereocenters. The lowest BCUT2D eigenvalue weighted by Crippen LogP contribution is -2.33. The SMILES string of the molecule is CCCOC[C@H]1CCN(C(=O)Nc2cccc(NS(=O)(=O)N(C)C)c2)C1. The second-order valence-electron chi connectivity index (χ2n) is 6.58. The van der Waals surface area contributed by atoms with Gasteiger partial charge in [-0.25, -0.2) is 4.79 Å². The van der Waals surface area contributed by atoms with Crippen molar-refractivity contribution in [3.05, 3.63) is 24.3 Å². The number of amides is 2. The number of anilines is 2. The van der Waals surface area contributed by atoms with Gasteiger partial charge < -0.3 is 15.0 Å². The Balaban J connectivity index is 1.91. The molecule has 1 saturated heterocycles. The van der Waals surface area contributed by atoms with Gasteiger partial charge in [-0.3, -0.25) is 4.72 Å². The number of nitrogens with one attached hydrogen (secondary N) is 2. The highest BCUT2D eigenvalue weighted by Gasteiger charge is 2.26. The van der Waals surface area contributed by atoms with Crippen LogP contribution in [0.15, 0.2) is 24.3 Å². The molecule has 2 rings (SSSR count). The molecule has 0 saturated carbocycles. The van der Waals surface area contributed by atoms with Gasteiger partial charge in [0.05, 0.1) is 12.3 Å². The number of rotatable bonds is 8. The van der Waals surface area contributed by atoms with Gasteiger partial charge in [0.1, 0.15) is 0 Å². The van der Waals surface area contributed by atoms with Gasteiger partial charge in [-0.2, -0.15) is 12.7 Å². The fraction of sp³-hybridized carbons (Fsp3) is 0.588. The van der Waals surface area contributed by atoms with Gasteiger partial charge >= 0.3 is 16.2 Å². The van der Waals surface area contributed by atoms with E-state index >= 15 is 0 Å². The molecule has 9 heteroatoms. The van der Waals surface area contributed by atoms with Gasteiger partial charge in [0, 0.05) is 45.4 Å². The largest absolute Gasteiger partial charge is 0.381 e. The van der Waals surface area contributed by atoms with Crippen LogP contribution in [-0.4, -0.2) is 64.1 Å². The second-order valence-corrected chi connectivity index (χ2v) is 8.46. The summed E-state index contributed by atoms with van der Waals surface area (Å²) in [4.78, 5) is 14.2. The van der Waals surface area contributed by atoms with Crippen molar-refractivity contribution in [2.45, 2.75) is 19.8 Å². The van der Waals surface area contributed by atoms with E-state index in [9.17, 15) is 13.2 Å². The third-order valence-electron chi connectivity index (χ3n) is 4.12. The predicted octanol–water partition coefficient (Wildman–Crippen LogP) is 2.19. The summed E-state index contributed by atoms with van der Waals surface area (Å²) in [5.74, 6) is 0.366. The van der Waals surface area contributed by atoms with Crippen LogP contribution in [0.5, 0.6) is 0 Å². The van der Waals surface area contributed by atoms with Crippen molar-refractivity contribution < 1.29 is 17.9 Å². The number of hydrogen-bond acceptors (Lipinski definition) is 4. The maximum atomic E-state index is 12.4. The lowest BCUT2D eigenvalue weighted by atomic mass is 10.1. The molecule has 1 aromatic rings. The van der Waals surface area contributed by atoms with Crippen LogP contribution in [0, 0.1) is 5.92 Å². The normalized spacial score (nSPS) is 17.5.